The van der Waals surface area contributed by atoms with Gasteiger partial charge in [0.2, 0.25) is 0 Å². The molecular weight excluding hydrogens is 238 g/mol. The fraction of sp³-hybridized carbons (Fsp3) is 1.00. The maximum Gasteiger partial charge on any atom is 0.279 e. The molecular formula is C11H25N3O2S. The summed E-state index contributed by atoms with van der Waals surface area (Å²) in [5.41, 5.74) is 5.61. The third-order valence-corrected chi connectivity index (χ3v) is 4.69. The standard InChI is InChI=1S/C11H25N3O2S/c1-10(2)8-11(9-12)13-17(15,16)14-6-4-3-5-7-14/h10-11,13H,3-9,12H2,1-2H3. The topological polar surface area (TPSA) is 75.4 Å². The lowest BCUT2D eigenvalue weighted by Gasteiger charge is -2.28. The Morgan fingerprint density at radius 1 is 1.24 bits per heavy atom. The fourth-order valence-electron chi connectivity index (χ4n) is 2.15. The maximum absolute atomic E-state index is 12.1. The Hall–Kier alpha value is -0.170. The maximum atomic E-state index is 12.1. The number of nitrogens with zero attached hydrogens (tertiary/aromatic N) is 1. The van der Waals surface area contributed by atoms with Crippen molar-refractivity contribution in [3.05, 3.63) is 0 Å². The molecule has 0 bridgehead atoms. The first-order chi connectivity index (χ1) is 7.95. The van der Waals surface area contributed by atoms with E-state index < -0.39 is 10.2 Å². The van der Waals surface area contributed by atoms with E-state index in [2.05, 4.69) is 18.6 Å². The molecule has 0 aromatic carbocycles. The van der Waals surface area contributed by atoms with Crippen molar-refractivity contribution in [3.63, 3.8) is 0 Å². The van der Waals surface area contributed by atoms with Crippen molar-refractivity contribution in [3.8, 4) is 0 Å². The zero-order valence-electron chi connectivity index (χ0n) is 10.9. The van der Waals surface area contributed by atoms with Gasteiger partial charge in [-0.05, 0) is 25.2 Å². The lowest BCUT2D eigenvalue weighted by molar-refractivity contribution is 0.335. The van der Waals surface area contributed by atoms with Gasteiger partial charge in [-0.1, -0.05) is 20.3 Å². The van der Waals surface area contributed by atoms with Crippen molar-refractivity contribution in [2.45, 2.75) is 45.6 Å². The van der Waals surface area contributed by atoms with E-state index in [9.17, 15) is 8.42 Å². The number of hydrogen-bond acceptors (Lipinski definition) is 3. The van der Waals surface area contributed by atoms with Crippen LogP contribution in [0.2, 0.25) is 0 Å². The van der Waals surface area contributed by atoms with Gasteiger partial charge in [-0.15, -0.1) is 0 Å². The summed E-state index contributed by atoms with van der Waals surface area (Å²) >= 11 is 0. The van der Waals surface area contributed by atoms with Crippen LogP contribution in [0.4, 0.5) is 0 Å². The predicted octanol–water partition coefficient (Wildman–Crippen LogP) is 0.680. The largest absolute Gasteiger partial charge is 0.329 e. The Labute approximate surface area is 105 Å². The first kappa shape index (κ1) is 14.9. The van der Waals surface area contributed by atoms with Gasteiger partial charge in [0.05, 0.1) is 0 Å². The van der Waals surface area contributed by atoms with E-state index in [1.165, 1.54) is 0 Å². The molecule has 1 saturated heterocycles. The summed E-state index contributed by atoms with van der Waals surface area (Å²) in [7, 11) is -3.34. The van der Waals surface area contributed by atoms with Crippen LogP contribution in [0, 0.1) is 5.92 Å². The van der Waals surface area contributed by atoms with Gasteiger partial charge in [0.1, 0.15) is 0 Å². The molecule has 1 heterocycles. The second-order valence-electron chi connectivity index (χ2n) is 5.14. The van der Waals surface area contributed by atoms with Crippen LogP contribution in [0.3, 0.4) is 0 Å². The van der Waals surface area contributed by atoms with E-state index in [0.29, 0.717) is 25.6 Å². The summed E-state index contributed by atoms with van der Waals surface area (Å²) in [4.78, 5) is 0. The van der Waals surface area contributed by atoms with Gasteiger partial charge in [-0.25, -0.2) is 0 Å². The number of nitrogens with two attached hydrogens (primary N) is 1. The van der Waals surface area contributed by atoms with E-state index in [0.717, 1.165) is 25.7 Å². The van der Waals surface area contributed by atoms with Crippen molar-refractivity contribution in [1.29, 1.82) is 0 Å². The van der Waals surface area contributed by atoms with Crippen LogP contribution in [-0.4, -0.2) is 38.4 Å². The summed E-state index contributed by atoms with van der Waals surface area (Å²) in [6.45, 7) is 5.75. The Kier molecular flexibility index (Phi) is 5.85. The van der Waals surface area contributed by atoms with Crippen molar-refractivity contribution < 1.29 is 8.42 Å². The van der Waals surface area contributed by atoms with Crippen LogP contribution < -0.4 is 10.5 Å². The molecule has 0 amide bonds. The monoisotopic (exact) mass is 263 g/mol. The van der Waals surface area contributed by atoms with E-state index in [4.69, 9.17) is 5.73 Å². The minimum Gasteiger partial charge on any atom is -0.329 e. The lowest BCUT2D eigenvalue weighted by atomic mass is 10.1. The molecule has 1 fully saturated rings. The molecule has 1 unspecified atom stereocenters. The molecule has 1 rings (SSSR count). The molecule has 0 saturated carbocycles. The summed E-state index contributed by atoms with van der Waals surface area (Å²) in [6.07, 6.45) is 3.82. The minimum absolute atomic E-state index is 0.151. The van der Waals surface area contributed by atoms with Gasteiger partial charge in [0.15, 0.2) is 0 Å². The number of hydrogen-bond donors (Lipinski definition) is 2. The Morgan fingerprint density at radius 3 is 2.29 bits per heavy atom. The van der Waals surface area contributed by atoms with Crippen molar-refractivity contribution in [1.82, 2.24) is 9.03 Å². The molecule has 17 heavy (non-hydrogen) atoms. The SMILES string of the molecule is CC(C)CC(CN)NS(=O)(=O)N1CCCCC1. The highest BCUT2D eigenvalue weighted by Gasteiger charge is 2.26. The smallest absolute Gasteiger partial charge is 0.279 e. The average Bonchev–Trinajstić information content (AvgIpc) is 2.28. The Bertz CT molecular complexity index is 311. The molecule has 0 aromatic heterocycles. The van der Waals surface area contributed by atoms with Crippen LogP contribution >= 0.6 is 0 Å². The van der Waals surface area contributed by atoms with E-state index >= 15 is 0 Å². The average molecular weight is 263 g/mol. The normalized spacial score (nSPS) is 20.7. The third kappa shape index (κ3) is 4.91. The highest BCUT2D eigenvalue weighted by molar-refractivity contribution is 7.87. The Morgan fingerprint density at radius 2 is 1.82 bits per heavy atom. The van der Waals surface area contributed by atoms with Gasteiger partial charge in [0, 0.05) is 25.7 Å². The fourth-order valence-corrected chi connectivity index (χ4v) is 3.65. The molecule has 1 aliphatic heterocycles. The highest BCUT2D eigenvalue weighted by Crippen LogP contribution is 2.13. The van der Waals surface area contributed by atoms with Gasteiger partial charge < -0.3 is 5.73 Å². The lowest BCUT2D eigenvalue weighted by Crippen LogP contribution is -2.49. The van der Waals surface area contributed by atoms with Crippen molar-refractivity contribution in [2.75, 3.05) is 19.6 Å². The molecule has 3 N–H and O–H groups in total. The van der Waals surface area contributed by atoms with Crippen LogP contribution in [-0.2, 0) is 10.2 Å². The third-order valence-electron chi connectivity index (χ3n) is 3.01. The quantitative estimate of drug-likeness (QED) is 0.740. The minimum atomic E-state index is -3.34. The van der Waals surface area contributed by atoms with Crippen molar-refractivity contribution in [2.24, 2.45) is 11.7 Å². The van der Waals surface area contributed by atoms with E-state index in [1.807, 2.05) is 0 Å². The molecule has 5 nitrogen and oxygen atoms in total. The number of rotatable bonds is 6. The number of nitrogens with one attached hydrogen (secondary N) is 1. The Balaban J connectivity index is 2.56. The van der Waals surface area contributed by atoms with Gasteiger partial charge in [-0.2, -0.15) is 17.4 Å². The predicted molar refractivity (Wildman–Crippen MR) is 69.8 cm³/mol. The first-order valence-corrected chi connectivity index (χ1v) is 7.87. The van der Waals surface area contributed by atoms with Crippen LogP contribution in [0.25, 0.3) is 0 Å². The molecule has 0 spiro atoms. The summed E-state index contributed by atoms with van der Waals surface area (Å²) in [5.74, 6) is 0.438. The van der Waals surface area contributed by atoms with Crippen LogP contribution in [0.1, 0.15) is 39.5 Å². The van der Waals surface area contributed by atoms with E-state index in [-0.39, 0.29) is 6.04 Å². The molecule has 1 aliphatic rings. The molecule has 1 atom stereocenters. The summed E-state index contributed by atoms with van der Waals surface area (Å²) in [6, 6.07) is -0.151. The number of piperidine rings is 1. The zero-order valence-corrected chi connectivity index (χ0v) is 11.7. The molecule has 6 heteroatoms. The molecule has 0 aliphatic carbocycles. The van der Waals surface area contributed by atoms with Crippen LogP contribution in [0.5, 0.6) is 0 Å². The van der Waals surface area contributed by atoms with Gasteiger partial charge >= 0.3 is 0 Å². The second kappa shape index (κ2) is 6.68. The van der Waals surface area contributed by atoms with Gasteiger partial charge in [-0.3, -0.25) is 0 Å². The van der Waals surface area contributed by atoms with Crippen LogP contribution in [0.15, 0.2) is 0 Å². The van der Waals surface area contributed by atoms with E-state index in [1.54, 1.807) is 4.31 Å². The zero-order chi connectivity index (χ0) is 12.9. The molecule has 0 radical (unpaired) electrons. The summed E-state index contributed by atoms with van der Waals surface area (Å²) in [5, 5.41) is 0. The van der Waals surface area contributed by atoms with Crippen molar-refractivity contribution >= 4 is 10.2 Å². The first-order valence-electron chi connectivity index (χ1n) is 6.43. The van der Waals surface area contributed by atoms with Gasteiger partial charge in [0.25, 0.3) is 10.2 Å². The second-order valence-corrected chi connectivity index (χ2v) is 6.85. The molecule has 0 aromatic rings. The summed E-state index contributed by atoms with van der Waals surface area (Å²) < 4.78 is 28.4. The molecule has 102 valence electrons. The highest BCUT2D eigenvalue weighted by atomic mass is 32.2.